The highest BCUT2D eigenvalue weighted by molar-refractivity contribution is 6.32. The number of benzene rings is 1. The van der Waals surface area contributed by atoms with Gasteiger partial charge in [0.05, 0.1) is 18.2 Å². The Morgan fingerprint density at radius 1 is 1.30 bits per heavy atom. The summed E-state index contributed by atoms with van der Waals surface area (Å²) in [6.45, 7) is 1.05. The molecule has 23 heavy (non-hydrogen) atoms. The van der Waals surface area contributed by atoms with E-state index in [0.717, 1.165) is 6.42 Å². The SMILES string of the molecule is O=C(OCc1cc(Cl)c2c(c1)OCCCO2)c1cccc[n+]1[O-]. The van der Waals surface area contributed by atoms with Crippen LogP contribution in [-0.4, -0.2) is 19.2 Å². The Morgan fingerprint density at radius 3 is 2.96 bits per heavy atom. The van der Waals surface area contributed by atoms with Crippen molar-refractivity contribution in [2.75, 3.05) is 13.2 Å². The lowest BCUT2D eigenvalue weighted by Crippen LogP contribution is -2.34. The zero-order valence-electron chi connectivity index (χ0n) is 12.2. The topological polar surface area (TPSA) is 71.7 Å². The van der Waals surface area contributed by atoms with E-state index in [1.54, 1.807) is 18.2 Å². The molecule has 0 unspecified atom stereocenters. The summed E-state index contributed by atoms with van der Waals surface area (Å²) in [5, 5.41) is 11.9. The van der Waals surface area contributed by atoms with Crippen molar-refractivity contribution >= 4 is 17.6 Å². The Hall–Kier alpha value is -2.47. The minimum absolute atomic E-state index is 0.0237. The molecule has 0 fully saturated rings. The van der Waals surface area contributed by atoms with Gasteiger partial charge in [-0.2, -0.15) is 4.73 Å². The van der Waals surface area contributed by atoms with Crippen molar-refractivity contribution in [3.8, 4) is 11.5 Å². The lowest BCUT2D eigenvalue weighted by atomic mass is 10.2. The minimum atomic E-state index is -0.705. The summed E-state index contributed by atoms with van der Waals surface area (Å²) in [6, 6.07) is 7.90. The first kappa shape index (κ1) is 15.4. The number of nitrogens with zero attached hydrogens (tertiary/aromatic N) is 1. The molecule has 0 spiro atoms. The molecule has 0 amide bonds. The van der Waals surface area contributed by atoms with Gasteiger partial charge in [0, 0.05) is 18.6 Å². The van der Waals surface area contributed by atoms with Gasteiger partial charge in [-0.05, 0) is 23.8 Å². The van der Waals surface area contributed by atoms with Crippen LogP contribution in [-0.2, 0) is 11.3 Å². The number of halogens is 1. The number of aromatic nitrogens is 1. The summed E-state index contributed by atoms with van der Waals surface area (Å²) in [6.07, 6.45) is 2.01. The molecule has 0 saturated carbocycles. The molecule has 120 valence electrons. The van der Waals surface area contributed by atoms with Crippen LogP contribution >= 0.6 is 11.6 Å². The molecule has 0 saturated heterocycles. The summed E-state index contributed by atoms with van der Waals surface area (Å²) in [7, 11) is 0. The van der Waals surface area contributed by atoms with Crippen LogP contribution in [0.25, 0.3) is 0 Å². The highest BCUT2D eigenvalue weighted by Crippen LogP contribution is 2.38. The molecule has 6 nitrogen and oxygen atoms in total. The van der Waals surface area contributed by atoms with Crippen molar-refractivity contribution in [1.29, 1.82) is 0 Å². The van der Waals surface area contributed by atoms with Crippen molar-refractivity contribution < 1.29 is 23.7 Å². The average Bonchev–Trinajstić information content (AvgIpc) is 2.79. The summed E-state index contributed by atoms with van der Waals surface area (Å²) < 4.78 is 16.7. The number of carbonyl (C=O) groups is 1. The Morgan fingerprint density at radius 2 is 2.13 bits per heavy atom. The number of pyridine rings is 1. The normalized spacial score (nSPS) is 13.3. The van der Waals surface area contributed by atoms with Crippen molar-refractivity contribution in [1.82, 2.24) is 0 Å². The van der Waals surface area contributed by atoms with Crippen LogP contribution in [0, 0.1) is 5.21 Å². The molecule has 7 heteroatoms. The van der Waals surface area contributed by atoms with E-state index < -0.39 is 5.97 Å². The van der Waals surface area contributed by atoms with Crippen molar-refractivity contribution in [3.05, 3.63) is 58.0 Å². The summed E-state index contributed by atoms with van der Waals surface area (Å²) in [4.78, 5) is 11.9. The molecule has 0 radical (unpaired) electrons. The van der Waals surface area contributed by atoms with Gasteiger partial charge in [0.1, 0.15) is 6.61 Å². The smallest absolute Gasteiger partial charge is 0.405 e. The molecule has 0 bridgehead atoms. The highest BCUT2D eigenvalue weighted by atomic mass is 35.5. The van der Waals surface area contributed by atoms with Crippen LogP contribution in [0.5, 0.6) is 11.5 Å². The zero-order valence-corrected chi connectivity index (χ0v) is 12.9. The second-order valence-electron chi connectivity index (χ2n) is 4.94. The predicted octanol–water partition coefficient (Wildman–Crippen LogP) is 2.49. The van der Waals surface area contributed by atoms with E-state index in [1.165, 1.54) is 18.3 Å². The third-order valence-corrected chi connectivity index (χ3v) is 3.55. The Bertz CT molecular complexity index is 734. The third kappa shape index (κ3) is 3.48. The van der Waals surface area contributed by atoms with Gasteiger partial charge in [0.2, 0.25) is 0 Å². The van der Waals surface area contributed by atoms with Crippen LogP contribution in [0.1, 0.15) is 22.5 Å². The second-order valence-corrected chi connectivity index (χ2v) is 5.35. The van der Waals surface area contributed by atoms with E-state index in [1.807, 2.05) is 0 Å². The maximum atomic E-state index is 11.9. The first-order valence-corrected chi connectivity index (χ1v) is 7.46. The second kappa shape index (κ2) is 6.75. The summed E-state index contributed by atoms with van der Waals surface area (Å²) in [5.41, 5.74) is 0.578. The van der Waals surface area contributed by atoms with Gasteiger partial charge in [-0.3, -0.25) is 0 Å². The fourth-order valence-corrected chi connectivity index (χ4v) is 2.46. The van der Waals surface area contributed by atoms with Crippen LogP contribution in [0.4, 0.5) is 0 Å². The minimum Gasteiger partial charge on any atom is -0.618 e. The molecule has 1 aliphatic heterocycles. The predicted molar refractivity (Wildman–Crippen MR) is 81.6 cm³/mol. The van der Waals surface area contributed by atoms with Crippen LogP contribution in [0.3, 0.4) is 0 Å². The van der Waals surface area contributed by atoms with Gasteiger partial charge in [-0.15, -0.1) is 0 Å². The van der Waals surface area contributed by atoms with Crippen molar-refractivity contribution in [2.24, 2.45) is 0 Å². The average molecular weight is 336 g/mol. The Labute approximate surface area is 137 Å². The van der Waals surface area contributed by atoms with E-state index in [9.17, 15) is 10.0 Å². The molecule has 2 heterocycles. The monoisotopic (exact) mass is 335 g/mol. The van der Waals surface area contributed by atoms with Crippen molar-refractivity contribution in [2.45, 2.75) is 13.0 Å². The number of hydrogen-bond acceptors (Lipinski definition) is 5. The Kier molecular flexibility index (Phi) is 4.52. The molecular weight excluding hydrogens is 322 g/mol. The highest BCUT2D eigenvalue weighted by Gasteiger charge is 2.19. The lowest BCUT2D eigenvalue weighted by molar-refractivity contribution is -0.608. The fraction of sp³-hybridized carbons (Fsp3) is 0.250. The van der Waals surface area contributed by atoms with Gasteiger partial charge >= 0.3 is 11.7 Å². The molecule has 1 aliphatic rings. The summed E-state index contributed by atoms with van der Waals surface area (Å²) in [5.74, 6) is 0.322. The van der Waals surface area contributed by atoms with Crippen molar-refractivity contribution in [3.63, 3.8) is 0 Å². The number of fused-ring (bicyclic) bond motifs is 1. The van der Waals surface area contributed by atoms with Gasteiger partial charge in [-0.1, -0.05) is 11.6 Å². The van der Waals surface area contributed by atoms with E-state index in [4.69, 9.17) is 25.8 Å². The number of esters is 1. The van der Waals surface area contributed by atoms with E-state index in [2.05, 4.69) is 0 Å². The lowest BCUT2D eigenvalue weighted by Gasteiger charge is -2.11. The molecule has 3 rings (SSSR count). The zero-order chi connectivity index (χ0) is 16.2. The van der Waals surface area contributed by atoms with Gasteiger partial charge in [0.25, 0.3) is 0 Å². The van der Waals surface area contributed by atoms with Crippen LogP contribution in [0.15, 0.2) is 36.5 Å². The standard InChI is InChI=1S/C16H14ClNO5/c17-12-8-11(9-14-15(12)22-7-3-6-21-14)10-23-16(19)13-4-1-2-5-18(13)20/h1-2,4-5,8-9H,3,6-7,10H2. The van der Waals surface area contributed by atoms with Crippen LogP contribution < -0.4 is 14.2 Å². The van der Waals surface area contributed by atoms with Gasteiger partial charge in [0.15, 0.2) is 17.7 Å². The summed E-state index contributed by atoms with van der Waals surface area (Å²) >= 11 is 6.18. The van der Waals surface area contributed by atoms with E-state index >= 15 is 0 Å². The largest absolute Gasteiger partial charge is 0.618 e. The molecule has 0 aliphatic carbocycles. The van der Waals surface area contributed by atoms with Crippen LogP contribution in [0.2, 0.25) is 5.02 Å². The molecular formula is C16H14ClNO5. The molecule has 0 N–H and O–H groups in total. The van der Waals surface area contributed by atoms with E-state index in [0.29, 0.717) is 40.0 Å². The Balaban J connectivity index is 1.74. The molecule has 2 aromatic rings. The maximum Gasteiger partial charge on any atom is 0.405 e. The maximum absolute atomic E-state index is 11.9. The molecule has 0 atom stereocenters. The fourth-order valence-electron chi connectivity index (χ4n) is 2.18. The molecule has 1 aromatic carbocycles. The first-order valence-electron chi connectivity index (χ1n) is 7.08. The number of rotatable bonds is 3. The van der Waals surface area contributed by atoms with E-state index in [-0.39, 0.29) is 12.3 Å². The first-order chi connectivity index (χ1) is 11.1. The van der Waals surface area contributed by atoms with Gasteiger partial charge < -0.3 is 19.4 Å². The third-order valence-electron chi connectivity index (χ3n) is 3.27. The molecule has 1 aromatic heterocycles. The quantitative estimate of drug-likeness (QED) is 0.489. The van der Waals surface area contributed by atoms with Gasteiger partial charge in [-0.25, -0.2) is 4.79 Å². The number of carbonyl (C=O) groups excluding carboxylic acids is 1. The number of ether oxygens (including phenoxy) is 3. The number of hydrogen-bond donors (Lipinski definition) is 0.